The molecule has 0 saturated carbocycles. The SMILES string of the molecule is CCCC/C=C\C/C=C\CCCCCCCC(=O)OCCCCCC/C=C\CCCCCCCCCC(=O)NC(CO)C(O)CCCCCCCCCCCCCCCCCCC. The molecule has 0 heterocycles. The Morgan fingerprint density at radius 3 is 1.27 bits per heavy atom. The monoisotopic (exact) mass is 886 g/mol. The first kappa shape index (κ1) is 61.1. The van der Waals surface area contributed by atoms with E-state index in [-0.39, 0.29) is 18.5 Å². The van der Waals surface area contributed by atoms with Crippen molar-refractivity contribution < 1.29 is 24.5 Å². The molecule has 6 nitrogen and oxygen atoms in total. The third kappa shape index (κ3) is 49.4. The van der Waals surface area contributed by atoms with E-state index < -0.39 is 12.1 Å². The largest absolute Gasteiger partial charge is 0.466 e. The molecule has 2 unspecified atom stereocenters. The van der Waals surface area contributed by atoms with Gasteiger partial charge in [-0.3, -0.25) is 9.59 Å². The van der Waals surface area contributed by atoms with Crippen LogP contribution in [0.5, 0.6) is 0 Å². The number of hydrogen-bond acceptors (Lipinski definition) is 5. The summed E-state index contributed by atoms with van der Waals surface area (Å²) in [5, 5.41) is 23.3. The Labute approximate surface area is 392 Å². The van der Waals surface area contributed by atoms with E-state index in [1.54, 1.807) is 0 Å². The van der Waals surface area contributed by atoms with Crippen molar-refractivity contribution in [3.63, 3.8) is 0 Å². The summed E-state index contributed by atoms with van der Waals surface area (Å²) >= 11 is 0. The second-order valence-corrected chi connectivity index (χ2v) is 18.9. The minimum absolute atomic E-state index is 0.0248. The van der Waals surface area contributed by atoms with Crippen molar-refractivity contribution in [3.05, 3.63) is 36.5 Å². The Morgan fingerprint density at radius 2 is 0.810 bits per heavy atom. The number of amides is 1. The van der Waals surface area contributed by atoms with Crippen LogP contribution in [0.25, 0.3) is 0 Å². The van der Waals surface area contributed by atoms with Gasteiger partial charge in [-0.05, 0) is 77.0 Å². The summed E-state index contributed by atoms with van der Waals surface area (Å²) in [4.78, 5) is 24.5. The van der Waals surface area contributed by atoms with E-state index in [1.165, 1.54) is 173 Å². The maximum atomic E-state index is 12.5. The fraction of sp³-hybridized carbons (Fsp3) is 0.860. The number of allylic oxidation sites excluding steroid dienone is 6. The molecule has 6 heteroatoms. The van der Waals surface area contributed by atoms with Crippen LogP contribution in [-0.4, -0.2) is 47.4 Å². The topological polar surface area (TPSA) is 95.9 Å². The van der Waals surface area contributed by atoms with Crippen LogP contribution >= 0.6 is 0 Å². The van der Waals surface area contributed by atoms with Gasteiger partial charge >= 0.3 is 5.97 Å². The number of aliphatic hydroxyl groups is 2. The highest BCUT2D eigenvalue weighted by atomic mass is 16.5. The molecule has 0 saturated heterocycles. The van der Waals surface area contributed by atoms with E-state index >= 15 is 0 Å². The van der Waals surface area contributed by atoms with Crippen molar-refractivity contribution in [2.24, 2.45) is 0 Å². The van der Waals surface area contributed by atoms with Crippen molar-refractivity contribution in [3.8, 4) is 0 Å². The van der Waals surface area contributed by atoms with E-state index in [0.717, 1.165) is 83.5 Å². The molecule has 0 rings (SSSR count). The first-order valence-electron chi connectivity index (χ1n) is 27.7. The van der Waals surface area contributed by atoms with Gasteiger partial charge in [0.05, 0.1) is 25.4 Å². The van der Waals surface area contributed by atoms with Crippen molar-refractivity contribution in [1.82, 2.24) is 5.32 Å². The summed E-state index contributed by atoms with van der Waals surface area (Å²) < 4.78 is 5.45. The average Bonchev–Trinajstić information content (AvgIpc) is 3.28. The van der Waals surface area contributed by atoms with Crippen molar-refractivity contribution in [2.75, 3.05) is 13.2 Å². The molecule has 0 radical (unpaired) electrons. The standard InChI is InChI=1S/C57H107NO5/c1-3-5-7-9-11-13-15-17-19-20-22-25-29-33-37-41-45-49-55(60)54(53-59)58-56(61)50-46-42-38-34-30-26-23-21-24-28-32-36-40-44-48-52-63-57(62)51-47-43-39-35-31-27-18-16-14-12-10-8-6-4-2/h10,12,16,18,24,28,54-55,59-60H,3-9,11,13-15,17,19-23,25-27,29-53H2,1-2H3,(H,58,61)/b12-10-,18-16-,28-24-. The summed E-state index contributed by atoms with van der Waals surface area (Å²) in [5.74, 6) is -0.0747. The lowest BCUT2D eigenvalue weighted by atomic mass is 10.0. The highest BCUT2D eigenvalue weighted by Crippen LogP contribution is 2.16. The number of ether oxygens (including phenoxy) is 1. The Bertz CT molecular complexity index is 1020. The quantitative estimate of drug-likeness (QED) is 0.0321. The lowest BCUT2D eigenvalue weighted by Crippen LogP contribution is -2.45. The maximum Gasteiger partial charge on any atom is 0.305 e. The van der Waals surface area contributed by atoms with Crippen LogP contribution in [0.4, 0.5) is 0 Å². The molecule has 3 N–H and O–H groups in total. The first-order chi connectivity index (χ1) is 31.0. The predicted molar refractivity (Wildman–Crippen MR) is 273 cm³/mol. The van der Waals surface area contributed by atoms with Gasteiger partial charge in [-0.1, -0.05) is 237 Å². The molecular formula is C57H107NO5. The first-order valence-corrected chi connectivity index (χ1v) is 27.7. The minimum Gasteiger partial charge on any atom is -0.466 e. The average molecular weight is 886 g/mol. The van der Waals surface area contributed by atoms with Crippen LogP contribution in [0.3, 0.4) is 0 Å². The Morgan fingerprint density at radius 1 is 0.444 bits per heavy atom. The van der Waals surface area contributed by atoms with Crippen LogP contribution in [0, 0.1) is 0 Å². The third-order valence-corrected chi connectivity index (χ3v) is 12.7. The fourth-order valence-electron chi connectivity index (χ4n) is 8.36. The molecular weight excluding hydrogens is 779 g/mol. The van der Waals surface area contributed by atoms with Crippen LogP contribution < -0.4 is 5.32 Å². The smallest absolute Gasteiger partial charge is 0.305 e. The van der Waals surface area contributed by atoms with Gasteiger partial charge in [-0.2, -0.15) is 0 Å². The van der Waals surface area contributed by atoms with Gasteiger partial charge in [0.2, 0.25) is 5.91 Å². The lowest BCUT2D eigenvalue weighted by molar-refractivity contribution is -0.143. The molecule has 0 aliphatic carbocycles. The summed E-state index contributed by atoms with van der Waals surface area (Å²) in [6.45, 7) is 4.88. The number of esters is 1. The predicted octanol–water partition coefficient (Wildman–Crippen LogP) is 16.9. The van der Waals surface area contributed by atoms with Crippen LogP contribution in [-0.2, 0) is 14.3 Å². The molecule has 370 valence electrons. The van der Waals surface area contributed by atoms with Gasteiger partial charge in [0.25, 0.3) is 0 Å². The maximum absolute atomic E-state index is 12.5. The zero-order valence-corrected chi connectivity index (χ0v) is 42.1. The summed E-state index contributed by atoms with van der Waals surface area (Å²) in [6.07, 6.45) is 64.0. The highest BCUT2D eigenvalue weighted by Gasteiger charge is 2.20. The Kier molecular flexibility index (Phi) is 51.1. The van der Waals surface area contributed by atoms with Gasteiger partial charge in [0.1, 0.15) is 0 Å². The van der Waals surface area contributed by atoms with E-state index in [2.05, 4.69) is 55.6 Å². The molecule has 0 spiro atoms. The van der Waals surface area contributed by atoms with Crippen LogP contribution in [0.15, 0.2) is 36.5 Å². The van der Waals surface area contributed by atoms with Crippen molar-refractivity contribution in [1.29, 1.82) is 0 Å². The zero-order valence-electron chi connectivity index (χ0n) is 42.1. The fourth-order valence-corrected chi connectivity index (χ4v) is 8.36. The minimum atomic E-state index is -0.675. The number of carbonyl (C=O) groups is 2. The van der Waals surface area contributed by atoms with Crippen molar-refractivity contribution in [2.45, 2.75) is 302 Å². The third-order valence-electron chi connectivity index (χ3n) is 12.7. The molecule has 0 fully saturated rings. The lowest BCUT2D eigenvalue weighted by Gasteiger charge is -2.22. The molecule has 63 heavy (non-hydrogen) atoms. The molecule has 0 bridgehead atoms. The second-order valence-electron chi connectivity index (χ2n) is 18.9. The number of nitrogens with one attached hydrogen (secondary N) is 1. The van der Waals surface area contributed by atoms with Crippen molar-refractivity contribution >= 4 is 11.9 Å². The molecule has 0 aromatic carbocycles. The van der Waals surface area contributed by atoms with Gasteiger partial charge in [-0.25, -0.2) is 0 Å². The van der Waals surface area contributed by atoms with Crippen LogP contribution in [0.2, 0.25) is 0 Å². The number of carbonyl (C=O) groups excluding carboxylic acids is 2. The number of unbranched alkanes of at least 4 members (excludes halogenated alkanes) is 34. The van der Waals surface area contributed by atoms with E-state index in [4.69, 9.17) is 4.74 Å². The molecule has 2 atom stereocenters. The molecule has 0 aromatic rings. The van der Waals surface area contributed by atoms with E-state index in [1.807, 2.05) is 0 Å². The number of hydrogen-bond donors (Lipinski definition) is 3. The zero-order chi connectivity index (χ0) is 45.8. The summed E-state index contributed by atoms with van der Waals surface area (Å²) in [6, 6.07) is -0.554. The number of aliphatic hydroxyl groups excluding tert-OH is 2. The molecule has 0 aliphatic rings. The van der Waals surface area contributed by atoms with E-state index in [9.17, 15) is 19.8 Å². The van der Waals surface area contributed by atoms with Gasteiger partial charge in [0, 0.05) is 12.8 Å². The summed E-state index contributed by atoms with van der Waals surface area (Å²) in [5.41, 5.74) is 0. The van der Waals surface area contributed by atoms with Gasteiger partial charge in [-0.15, -0.1) is 0 Å². The molecule has 0 aromatic heterocycles. The Balaban J connectivity index is 3.49. The van der Waals surface area contributed by atoms with Gasteiger partial charge in [0.15, 0.2) is 0 Å². The highest BCUT2D eigenvalue weighted by molar-refractivity contribution is 5.76. The second kappa shape index (κ2) is 52.7. The normalized spacial score (nSPS) is 12.9. The summed E-state index contributed by atoms with van der Waals surface area (Å²) in [7, 11) is 0. The number of rotatable bonds is 51. The van der Waals surface area contributed by atoms with Gasteiger partial charge < -0.3 is 20.3 Å². The van der Waals surface area contributed by atoms with Crippen LogP contribution in [0.1, 0.15) is 290 Å². The van der Waals surface area contributed by atoms with E-state index in [0.29, 0.717) is 25.9 Å². The molecule has 0 aliphatic heterocycles. The molecule has 1 amide bonds. The Hall–Kier alpha value is -1.92.